The molecule has 0 radical (unpaired) electrons. The number of hydrogen-bond acceptors (Lipinski definition) is 5. The van der Waals surface area contributed by atoms with Gasteiger partial charge in [0.25, 0.3) is 0 Å². The minimum absolute atomic E-state index is 0.279. The van der Waals surface area contributed by atoms with Gasteiger partial charge in [0.05, 0.1) is 18.7 Å². The van der Waals surface area contributed by atoms with E-state index in [4.69, 9.17) is 21.1 Å². The molecule has 6 rings (SSSR count). The Morgan fingerprint density at radius 2 is 1.91 bits per heavy atom. The van der Waals surface area contributed by atoms with Gasteiger partial charge < -0.3 is 14.5 Å². The maximum absolute atomic E-state index is 14.2. The summed E-state index contributed by atoms with van der Waals surface area (Å²) < 4.78 is 25.2. The number of aromatic nitrogens is 2. The van der Waals surface area contributed by atoms with Gasteiger partial charge in [-0.3, -0.25) is 4.90 Å². The fourth-order valence-electron chi connectivity index (χ4n) is 6.07. The minimum atomic E-state index is -0.507. The van der Waals surface area contributed by atoms with Gasteiger partial charge in [0.1, 0.15) is 28.5 Å². The van der Waals surface area contributed by atoms with Crippen molar-refractivity contribution >= 4 is 39.7 Å². The number of carbonyl (C=O) groups is 1. The normalized spacial score (nSPS) is 17.2. The van der Waals surface area contributed by atoms with Crippen LogP contribution < -0.4 is 4.74 Å². The molecule has 0 bridgehead atoms. The molecule has 1 aliphatic carbocycles. The summed E-state index contributed by atoms with van der Waals surface area (Å²) in [6.07, 6.45) is 9.23. The monoisotopic (exact) mass is 599 g/mol. The minimum Gasteiger partial charge on any atom is -0.465 e. The zero-order valence-electron chi connectivity index (χ0n) is 24.7. The molecule has 0 atom stereocenters. The second-order valence-electron chi connectivity index (χ2n) is 12.2. The summed E-state index contributed by atoms with van der Waals surface area (Å²) in [6.45, 7) is 7.41. The molecule has 0 saturated heterocycles. The van der Waals surface area contributed by atoms with E-state index < -0.39 is 11.8 Å². The summed E-state index contributed by atoms with van der Waals surface area (Å²) in [6, 6.07) is 15.3. The molecule has 0 fully saturated rings. The lowest BCUT2D eigenvalue weighted by molar-refractivity contribution is 0.0598. The molecule has 0 amide bonds. The smallest absolute Gasteiger partial charge is 0.341 e. The highest BCUT2D eigenvalue weighted by Crippen LogP contribution is 2.43. The summed E-state index contributed by atoms with van der Waals surface area (Å²) in [5, 5.41) is 1.08. The topological polar surface area (TPSA) is 67.4 Å². The molecule has 2 aliphatic rings. The summed E-state index contributed by atoms with van der Waals surface area (Å²) >= 11 is 6.19. The number of hydrogen-bond donors (Lipinski definition) is 1. The first kappa shape index (κ1) is 29.1. The van der Waals surface area contributed by atoms with Gasteiger partial charge in [0.2, 0.25) is 0 Å². The van der Waals surface area contributed by atoms with Crippen LogP contribution in [0.4, 0.5) is 4.39 Å². The molecule has 222 valence electrons. The van der Waals surface area contributed by atoms with E-state index in [0.717, 1.165) is 49.5 Å². The number of benzene rings is 2. The van der Waals surface area contributed by atoms with Gasteiger partial charge >= 0.3 is 5.97 Å². The third-order valence-electron chi connectivity index (χ3n) is 8.53. The summed E-state index contributed by atoms with van der Waals surface area (Å²) in [7, 11) is 1.34. The summed E-state index contributed by atoms with van der Waals surface area (Å²) in [4.78, 5) is 22.1. The molecule has 4 aromatic rings. The number of halogens is 2. The Morgan fingerprint density at radius 3 is 2.65 bits per heavy atom. The van der Waals surface area contributed by atoms with E-state index in [2.05, 4.69) is 46.9 Å². The molecule has 0 saturated carbocycles. The van der Waals surface area contributed by atoms with Crippen molar-refractivity contribution in [1.29, 1.82) is 0 Å². The lowest BCUT2D eigenvalue weighted by Gasteiger charge is -2.36. The molecule has 1 N–H and O–H groups in total. The zero-order valence-corrected chi connectivity index (χ0v) is 25.4. The molecular weight excluding hydrogens is 565 g/mol. The molecular formula is C35H35ClFN3O3. The van der Waals surface area contributed by atoms with E-state index in [1.54, 1.807) is 12.1 Å². The molecule has 2 aromatic carbocycles. The first-order valence-electron chi connectivity index (χ1n) is 14.6. The molecule has 8 heteroatoms. The van der Waals surface area contributed by atoms with Gasteiger partial charge in [-0.15, -0.1) is 0 Å². The third-order valence-corrected chi connectivity index (χ3v) is 8.78. The lowest BCUT2D eigenvalue weighted by Crippen LogP contribution is -2.32. The second-order valence-corrected chi connectivity index (χ2v) is 12.6. The van der Waals surface area contributed by atoms with E-state index in [-0.39, 0.29) is 5.41 Å². The van der Waals surface area contributed by atoms with Gasteiger partial charge in [0, 0.05) is 30.9 Å². The van der Waals surface area contributed by atoms with Crippen LogP contribution in [-0.4, -0.2) is 47.6 Å². The molecule has 1 aliphatic heterocycles. The van der Waals surface area contributed by atoms with Crippen LogP contribution in [0.25, 0.3) is 22.2 Å². The number of rotatable bonds is 7. The molecule has 0 spiro atoms. The predicted molar refractivity (Wildman–Crippen MR) is 169 cm³/mol. The molecule has 43 heavy (non-hydrogen) atoms. The summed E-state index contributed by atoms with van der Waals surface area (Å²) in [5.74, 6) is -0.252. The van der Waals surface area contributed by atoms with Crippen molar-refractivity contribution < 1.29 is 18.7 Å². The van der Waals surface area contributed by atoms with Crippen molar-refractivity contribution in [2.24, 2.45) is 5.41 Å². The predicted octanol–water partition coefficient (Wildman–Crippen LogP) is 8.69. The lowest BCUT2D eigenvalue weighted by atomic mass is 9.72. The number of ether oxygens (including phenoxy) is 2. The first-order chi connectivity index (χ1) is 20.7. The van der Waals surface area contributed by atoms with Gasteiger partial charge in [-0.25, -0.2) is 14.2 Å². The van der Waals surface area contributed by atoms with Gasteiger partial charge in [-0.05, 0) is 83.7 Å². The van der Waals surface area contributed by atoms with Crippen molar-refractivity contribution in [3.05, 3.63) is 100 Å². The van der Waals surface area contributed by atoms with Crippen molar-refractivity contribution in [3.63, 3.8) is 0 Å². The quantitative estimate of drug-likeness (QED) is 0.215. The fourth-order valence-corrected chi connectivity index (χ4v) is 6.20. The second kappa shape index (κ2) is 12.0. The Balaban J connectivity index is 1.23. The Morgan fingerprint density at radius 1 is 1.12 bits per heavy atom. The number of nitrogens with zero attached hydrogens (tertiary/aromatic N) is 2. The van der Waals surface area contributed by atoms with Gasteiger partial charge in [0.15, 0.2) is 0 Å². The average Bonchev–Trinajstić information content (AvgIpc) is 3.38. The average molecular weight is 600 g/mol. The Kier molecular flexibility index (Phi) is 8.12. The number of H-pyrrole nitrogens is 1. The number of allylic oxidation sites excluding steroid dienone is 1. The largest absolute Gasteiger partial charge is 0.465 e. The SMILES string of the molecule is COC(=O)c1ccc(C2=CCN(CC3=C(c4ccc(Cl)cc4)CC(C)(C)CC3)CC2)cc1Oc1cnc2[nH]cc(F)c2c1. The van der Waals surface area contributed by atoms with Crippen LogP contribution in [0.2, 0.25) is 5.02 Å². The summed E-state index contributed by atoms with van der Waals surface area (Å²) in [5.41, 5.74) is 7.41. The van der Waals surface area contributed by atoms with E-state index in [1.807, 2.05) is 24.3 Å². The van der Waals surface area contributed by atoms with Crippen LogP contribution >= 0.6 is 11.6 Å². The third kappa shape index (κ3) is 6.38. The highest BCUT2D eigenvalue weighted by molar-refractivity contribution is 6.30. The van der Waals surface area contributed by atoms with Gasteiger partial charge in [-0.1, -0.05) is 55.3 Å². The Hall–Kier alpha value is -3.94. The van der Waals surface area contributed by atoms with E-state index >= 15 is 0 Å². The molecule has 0 unspecified atom stereocenters. The zero-order chi connectivity index (χ0) is 30.1. The molecule has 6 nitrogen and oxygen atoms in total. The number of esters is 1. The van der Waals surface area contributed by atoms with Crippen LogP contribution in [0.5, 0.6) is 11.5 Å². The number of methoxy groups -OCH3 is 1. The number of aromatic amines is 1. The van der Waals surface area contributed by atoms with Gasteiger partial charge in [-0.2, -0.15) is 0 Å². The van der Waals surface area contributed by atoms with Crippen molar-refractivity contribution in [2.45, 2.75) is 39.5 Å². The fraction of sp³-hybridized carbons (Fsp3) is 0.314. The highest BCUT2D eigenvalue weighted by Gasteiger charge is 2.29. The van der Waals surface area contributed by atoms with Crippen LogP contribution in [0.3, 0.4) is 0 Å². The Bertz CT molecular complexity index is 1740. The van der Waals surface area contributed by atoms with E-state index in [0.29, 0.717) is 28.1 Å². The number of carbonyl (C=O) groups excluding carboxylic acids is 1. The first-order valence-corrected chi connectivity index (χ1v) is 15.0. The number of nitrogens with one attached hydrogen (secondary N) is 1. The van der Waals surface area contributed by atoms with Crippen LogP contribution in [-0.2, 0) is 4.74 Å². The van der Waals surface area contributed by atoms with Crippen LogP contribution in [0.1, 0.15) is 61.0 Å². The number of pyridine rings is 1. The Labute approximate surface area is 256 Å². The standard InChI is InChI=1S/C35H35ClFN3O3/c1-35(2)13-10-25(30(18-35)23-4-7-26(36)8-5-23)21-40-14-11-22(12-15-40)24-6-9-28(34(41)42-3)32(16-24)43-27-17-29-31(37)20-39-33(29)38-19-27/h4-9,11,16-17,19-20H,10,12-15,18,21H2,1-3H3,(H,38,39). The van der Waals surface area contributed by atoms with E-state index in [9.17, 15) is 9.18 Å². The van der Waals surface area contributed by atoms with E-state index in [1.165, 1.54) is 48.2 Å². The maximum Gasteiger partial charge on any atom is 0.341 e. The van der Waals surface area contributed by atoms with Crippen LogP contribution in [0.15, 0.2) is 72.6 Å². The highest BCUT2D eigenvalue weighted by atomic mass is 35.5. The van der Waals surface area contributed by atoms with Crippen molar-refractivity contribution in [1.82, 2.24) is 14.9 Å². The number of fused-ring (bicyclic) bond motifs is 1. The maximum atomic E-state index is 14.2. The molecule has 2 aromatic heterocycles. The van der Waals surface area contributed by atoms with Crippen molar-refractivity contribution in [3.8, 4) is 11.5 Å². The van der Waals surface area contributed by atoms with Crippen molar-refractivity contribution in [2.75, 3.05) is 26.7 Å². The van der Waals surface area contributed by atoms with Crippen LogP contribution in [0, 0.1) is 11.2 Å². The molecule has 3 heterocycles.